The average molecular weight is 278 g/mol. The summed E-state index contributed by atoms with van der Waals surface area (Å²) >= 11 is 0. The second-order valence-electron chi connectivity index (χ2n) is 7.06. The number of hydrogen-bond acceptors (Lipinski definition) is 3. The number of carbonyl (C=O) groups excluding carboxylic acids is 1. The molecule has 0 bridgehead atoms. The number of carbonyl (C=O) groups is 1. The fourth-order valence-corrected chi connectivity index (χ4v) is 2.76. The standard InChI is InChI=1S/C15H26N4O/c1-7-18-9-12-16-17-14(15(4,5)6)19(12)11(13(18)20)8-10(2)3/h10-11H,7-9H2,1-6H3/t11-/m0/s1. The number of aromatic nitrogens is 3. The van der Waals surface area contributed by atoms with E-state index >= 15 is 0 Å². The normalized spacial score (nSPS) is 19.6. The molecule has 5 heteroatoms. The van der Waals surface area contributed by atoms with Gasteiger partial charge < -0.3 is 9.47 Å². The molecule has 0 aromatic carbocycles. The molecular formula is C15H26N4O. The van der Waals surface area contributed by atoms with Gasteiger partial charge in [-0.15, -0.1) is 10.2 Å². The Morgan fingerprint density at radius 3 is 2.45 bits per heavy atom. The van der Waals surface area contributed by atoms with Crippen molar-refractivity contribution in [3.63, 3.8) is 0 Å². The molecular weight excluding hydrogens is 252 g/mol. The monoisotopic (exact) mass is 278 g/mol. The van der Waals surface area contributed by atoms with Gasteiger partial charge in [0.05, 0.1) is 6.54 Å². The minimum absolute atomic E-state index is 0.102. The van der Waals surface area contributed by atoms with Gasteiger partial charge in [0.2, 0.25) is 5.91 Å². The quantitative estimate of drug-likeness (QED) is 0.853. The minimum Gasteiger partial charge on any atom is -0.334 e. The fraction of sp³-hybridized carbons (Fsp3) is 0.800. The average Bonchev–Trinajstić information content (AvgIpc) is 2.75. The summed E-state index contributed by atoms with van der Waals surface area (Å²) in [6.45, 7) is 14.0. The largest absolute Gasteiger partial charge is 0.334 e. The van der Waals surface area contributed by atoms with Crippen molar-refractivity contribution in [2.24, 2.45) is 5.92 Å². The maximum Gasteiger partial charge on any atom is 0.246 e. The minimum atomic E-state index is -0.150. The third kappa shape index (κ3) is 2.58. The summed E-state index contributed by atoms with van der Waals surface area (Å²) in [5, 5.41) is 8.70. The molecule has 1 aromatic heterocycles. The zero-order valence-corrected chi connectivity index (χ0v) is 13.5. The number of nitrogens with zero attached hydrogens (tertiary/aromatic N) is 4. The van der Waals surface area contributed by atoms with Crippen molar-refractivity contribution < 1.29 is 4.79 Å². The van der Waals surface area contributed by atoms with Crippen LogP contribution in [0.2, 0.25) is 0 Å². The summed E-state index contributed by atoms with van der Waals surface area (Å²) < 4.78 is 2.09. The molecule has 112 valence electrons. The van der Waals surface area contributed by atoms with E-state index in [2.05, 4.69) is 49.4 Å². The van der Waals surface area contributed by atoms with Crippen molar-refractivity contribution >= 4 is 5.91 Å². The number of likely N-dealkylation sites (N-methyl/N-ethyl adjacent to an activating group) is 1. The SMILES string of the molecule is CCN1Cc2nnc(C(C)(C)C)n2[C@@H](CC(C)C)C1=O. The van der Waals surface area contributed by atoms with E-state index in [0.29, 0.717) is 12.5 Å². The van der Waals surface area contributed by atoms with Crippen molar-refractivity contribution in [3.8, 4) is 0 Å². The molecule has 0 fully saturated rings. The van der Waals surface area contributed by atoms with Crippen LogP contribution in [-0.2, 0) is 16.8 Å². The van der Waals surface area contributed by atoms with Crippen LogP contribution in [0.4, 0.5) is 0 Å². The highest BCUT2D eigenvalue weighted by molar-refractivity contribution is 5.81. The first-order valence-corrected chi connectivity index (χ1v) is 7.48. The lowest BCUT2D eigenvalue weighted by atomic mass is 9.93. The smallest absolute Gasteiger partial charge is 0.246 e. The van der Waals surface area contributed by atoms with Crippen LogP contribution in [0.15, 0.2) is 0 Å². The zero-order chi connectivity index (χ0) is 15.1. The van der Waals surface area contributed by atoms with E-state index in [4.69, 9.17) is 0 Å². The molecule has 0 unspecified atom stereocenters. The van der Waals surface area contributed by atoms with Gasteiger partial charge in [0.1, 0.15) is 11.9 Å². The first kappa shape index (κ1) is 15.0. The van der Waals surface area contributed by atoms with Crippen molar-refractivity contribution in [1.29, 1.82) is 0 Å². The Morgan fingerprint density at radius 2 is 1.95 bits per heavy atom. The van der Waals surface area contributed by atoms with Gasteiger partial charge in [-0.1, -0.05) is 34.6 Å². The number of hydrogen-bond donors (Lipinski definition) is 0. The van der Waals surface area contributed by atoms with Crippen LogP contribution in [0.5, 0.6) is 0 Å². The van der Waals surface area contributed by atoms with Gasteiger partial charge >= 0.3 is 0 Å². The molecule has 1 aliphatic rings. The molecule has 0 saturated carbocycles. The summed E-state index contributed by atoms with van der Waals surface area (Å²) in [5.41, 5.74) is -0.102. The van der Waals surface area contributed by atoms with Gasteiger partial charge in [0.15, 0.2) is 5.82 Å². The second kappa shape index (κ2) is 5.19. The Hall–Kier alpha value is -1.39. The summed E-state index contributed by atoms with van der Waals surface area (Å²) in [4.78, 5) is 14.6. The van der Waals surface area contributed by atoms with Gasteiger partial charge in [0, 0.05) is 12.0 Å². The predicted octanol–water partition coefficient (Wildman–Crippen LogP) is 2.52. The molecule has 1 aliphatic heterocycles. The lowest BCUT2D eigenvalue weighted by Gasteiger charge is -2.35. The first-order valence-electron chi connectivity index (χ1n) is 7.48. The maximum atomic E-state index is 12.7. The van der Waals surface area contributed by atoms with E-state index in [1.807, 2.05) is 11.8 Å². The van der Waals surface area contributed by atoms with Gasteiger partial charge in [0.25, 0.3) is 0 Å². The van der Waals surface area contributed by atoms with E-state index in [1.165, 1.54) is 0 Å². The Labute approximate surface area is 121 Å². The highest BCUT2D eigenvalue weighted by Gasteiger charge is 2.38. The molecule has 20 heavy (non-hydrogen) atoms. The Kier molecular flexibility index (Phi) is 3.89. The van der Waals surface area contributed by atoms with E-state index in [9.17, 15) is 4.79 Å². The third-order valence-electron chi connectivity index (χ3n) is 3.75. The second-order valence-corrected chi connectivity index (χ2v) is 7.06. The molecule has 1 atom stereocenters. The molecule has 5 nitrogen and oxygen atoms in total. The zero-order valence-electron chi connectivity index (χ0n) is 13.5. The van der Waals surface area contributed by atoms with Crippen LogP contribution >= 0.6 is 0 Å². The molecule has 1 amide bonds. The number of fused-ring (bicyclic) bond motifs is 1. The van der Waals surface area contributed by atoms with Crippen LogP contribution in [-0.4, -0.2) is 32.1 Å². The Bertz CT molecular complexity index is 498. The maximum absolute atomic E-state index is 12.7. The third-order valence-corrected chi connectivity index (χ3v) is 3.75. The summed E-state index contributed by atoms with van der Waals surface area (Å²) in [5.74, 6) is 2.51. The van der Waals surface area contributed by atoms with E-state index in [1.54, 1.807) is 0 Å². The predicted molar refractivity (Wildman–Crippen MR) is 78.3 cm³/mol. The molecule has 0 radical (unpaired) electrons. The highest BCUT2D eigenvalue weighted by Crippen LogP contribution is 2.32. The molecule has 0 saturated heterocycles. The number of amides is 1. The van der Waals surface area contributed by atoms with Crippen molar-refractivity contribution in [2.45, 2.75) is 66.0 Å². The van der Waals surface area contributed by atoms with Gasteiger partial charge in [-0.25, -0.2) is 0 Å². The lowest BCUT2D eigenvalue weighted by molar-refractivity contribution is -0.138. The topological polar surface area (TPSA) is 51.0 Å². The fourth-order valence-electron chi connectivity index (χ4n) is 2.76. The summed E-state index contributed by atoms with van der Waals surface area (Å²) in [6, 6.07) is -0.150. The van der Waals surface area contributed by atoms with Crippen molar-refractivity contribution in [1.82, 2.24) is 19.7 Å². The molecule has 2 heterocycles. The summed E-state index contributed by atoms with van der Waals surface area (Å²) in [6.07, 6.45) is 0.837. The molecule has 0 aliphatic carbocycles. The highest BCUT2D eigenvalue weighted by atomic mass is 16.2. The lowest BCUT2D eigenvalue weighted by Crippen LogP contribution is -2.44. The van der Waals surface area contributed by atoms with Crippen LogP contribution in [0, 0.1) is 5.92 Å². The van der Waals surface area contributed by atoms with Gasteiger partial charge in [-0.2, -0.15) is 0 Å². The van der Waals surface area contributed by atoms with Crippen LogP contribution < -0.4 is 0 Å². The molecule has 0 N–H and O–H groups in total. The molecule has 2 rings (SSSR count). The Morgan fingerprint density at radius 1 is 1.30 bits per heavy atom. The van der Waals surface area contributed by atoms with E-state index in [-0.39, 0.29) is 17.4 Å². The van der Waals surface area contributed by atoms with Crippen molar-refractivity contribution in [3.05, 3.63) is 11.6 Å². The van der Waals surface area contributed by atoms with Gasteiger partial charge in [-0.05, 0) is 19.3 Å². The van der Waals surface area contributed by atoms with E-state index < -0.39 is 0 Å². The molecule has 0 spiro atoms. The molecule has 1 aromatic rings. The summed E-state index contributed by atoms with van der Waals surface area (Å²) in [7, 11) is 0. The van der Waals surface area contributed by atoms with Crippen LogP contribution in [0.3, 0.4) is 0 Å². The Balaban J connectivity index is 2.50. The van der Waals surface area contributed by atoms with E-state index in [0.717, 1.165) is 24.6 Å². The first-order chi connectivity index (χ1) is 9.25. The van der Waals surface area contributed by atoms with Crippen molar-refractivity contribution in [2.75, 3.05) is 6.54 Å². The number of rotatable bonds is 3. The van der Waals surface area contributed by atoms with Gasteiger partial charge in [-0.3, -0.25) is 4.79 Å². The van der Waals surface area contributed by atoms with Crippen LogP contribution in [0.25, 0.3) is 0 Å². The van der Waals surface area contributed by atoms with Crippen LogP contribution in [0.1, 0.15) is 65.7 Å².